The molecular formula is C20H18F3NO3. The molecule has 27 heavy (non-hydrogen) atoms. The van der Waals surface area contributed by atoms with E-state index in [0.717, 1.165) is 37.0 Å². The maximum Gasteiger partial charge on any atom is 0.416 e. The van der Waals surface area contributed by atoms with Crippen molar-refractivity contribution in [2.24, 2.45) is 0 Å². The van der Waals surface area contributed by atoms with Gasteiger partial charge >= 0.3 is 12.1 Å². The SMILES string of the molecule is CCCCC1OC(=O)c2cc(C(=O)Nc3ccc(C(F)(F)F)cc3)ccc21. The first-order chi connectivity index (χ1) is 12.8. The van der Waals surface area contributed by atoms with Gasteiger partial charge in [-0.1, -0.05) is 19.4 Å². The van der Waals surface area contributed by atoms with Gasteiger partial charge < -0.3 is 10.1 Å². The molecule has 142 valence electrons. The average Bonchev–Trinajstić information content (AvgIpc) is 2.95. The minimum Gasteiger partial charge on any atom is -0.454 e. The van der Waals surface area contributed by atoms with Crippen LogP contribution in [0.3, 0.4) is 0 Å². The zero-order valence-corrected chi connectivity index (χ0v) is 14.6. The van der Waals surface area contributed by atoms with Crippen molar-refractivity contribution < 1.29 is 27.5 Å². The van der Waals surface area contributed by atoms with Crippen LogP contribution in [0.25, 0.3) is 0 Å². The number of cyclic esters (lactones) is 1. The van der Waals surface area contributed by atoms with Crippen LogP contribution >= 0.6 is 0 Å². The van der Waals surface area contributed by atoms with Gasteiger partial charge in [-0.3, -0.25) is 4.79 Å². The predicted octanol–water partition coefficient (Wildman–Crippen LogP) is 5.36. The maximum atomic E-state index is 12.6. The molecule has 1 aliphatic rings. The van der Waals surface area contributed by atoms with Crippen molar-refractivity contribution in [1.29, 1.82) is 0 Å². The van der Waals surface area contributed by atoms with Crippen molar-refractivity contribution in [3.63, 3.8) is 0 Å². The second kappa shape index (κ2) is 7.42. The lowest BCUT2D eigenvalue weighted by molar-refractivity contribution is -0.137. The van der Waals surface area contributed by atoms with Crippen LogP contribution in [0, 0.1) is 0 Å². The molecule has 1 unspecified atom stereocenters. The van der Waals surface area contributed by atoms with E-state index in [4.69, 9.17) is 4.74 Å². The number of carbonyl (C=O) groups excluding carboxylic acids is 2. The molecule has 1 atom stereocenters. The summed E-state index contributed by atoms with van der Waals surface area (Å²) in [6.07, 6.45) is -2.09. The predicted molar refractivity (Wildman–Crippen MR) is 93.5 cm³/mol. The molecule has 0 aromatic heterocycles. The molecule has 1 heterocycles. The Morgan fingerprint density at radius 3 is 2.48 bits per heavy atom. The Bertz CT molecular complexity index is 860. The van der Waals surface area contributed by atoms with Gasteiger partial charge in [-0.05, 0) is 49.2 Å². The van der Waals surface area contributed by atoms with Crippen molar-refractivity contribution in [2.45, 2.75) is 38.5 Å². The van der Waals surface area contributed by atoms with Crippen molar-refractivity contribution >= 4 is 17.6 Å². The van der Waals surface area contributed by atoms with Gasteiger partial charge in [0.05, 0.1) is 11.1 Å². The number of esters is 1. The summed E-state index contributed by atoms with van der Waals surface area (Å²) in [5.41, 5.74) is 0.799. The number of carbonyl (C=O) groups is 2. The number of hydrogen-bond donors (Lipinski definition) is 1. The number of amides is 1. The number of fused-ring (bicyclic) bond motifs is 1. The lowest BCUT2D eigenvalue weighted by Crippen LogP contribution is -2.13. The third kappa shape index (κ3) is 4.13. The lowest BCUT2D eigenvalue weighted by atomic mass is 9.99. The number of ether oxygens (including phenoxy) is 1. The smallest absolute Gasteiger partial charge is 0.416 e. The Morgan fingerprint density at radius 1 is 1.15 bits per heavy atom. The van der Waals surface area contributed by atoms with Crippen LogP contribution in [0.4, 0.5) is 18.9 Å². The quantitative estimate of drug-likeness (QED) is 0.714. The van der Waals surface area contributed by atoms with Gasteiger partial charge in [0.25, 0.3) is 5.91 Å². The average molecular weight is 377 g/mol. The Morgan fingerprint density at radius 2 is 1.85 bits per heavy atom. The summed E-state index contributed by atoms with van der Waals surface area (Å²) in [6, 6.07) is 8.90. The molecule has 0 aliphatic carbocycles. The fourth-order valence-corrected chi connectivity index (χ4v) is 2.96. The van der Waals surface area contributed by atoms with Gasteiger partial charge in [0, 0.05) is 16.8 Å². The lowest BCUT2D eigenvalue weighted by Gasteiger charge is -2.10. The molecular weight excluding hydrogens is 359 g/mol. The van der Waals surface area contributed by atoms with Crippen LogP contribution in [0.5, 0.6) is 0 Å². The number of hydrogen-bond acceptors (Lipinski definition) is 3. The van der Waals surface area contributed by atoms with Gasteiger partial charge in [0.2, 0.25) is 0 Å². The minimum atomic E-state index is -4.43. The zero-order chi connectivity index (χ0) is 19.6. The summed E-state index contributed by atoms with van der Waals surface area (Å²) in [5.74, 6) is -0.974. The largest absolute Gasteiger partial charge is 0.454 e. The van der Waals surface area contributed by atoms with E-state index in [1.807, 2.05) is 6.92 Å². The fourth-order valence-electron chi connectivity index (χ4n) is 2.96. The highest BCUT2D eigenvalue weighted by atomic mass is 19.4. The highest BCUT2D eigenvalue weighted by Gasteiger charge is 2.31. The van der Waals surface area contributed by atoms with E-state index in [1.54, 1.807) is 12.1 Å². The molecule has 0 radical (unpaired) electrons. The summed E-state index contributed by atoms with van der Waals surface area (Å²) in [5, 5.41) is 2.53. The second-order valence-electron chi connectivity index (χ2n) is 6.37. The summed E-state index contributed by atoms with van der Waals surface area (Å²) in [4.78, 5) is 24.4. The Hall–Kier alpha value is -2.83. The van der Waals surface area contributed by atoms with E-state index in [1.165, 1.54) is 18.2 Å². The van der Waals surface area contributed by atoms with Crippen molar-refractivity contribution in [1.82, 2.24) is 0 Å². The van der Waals surface area contributed by atoms with Gasteiger partial charge in [-0.2, -0.15) is 13.2 Å². The Balaban J connectivity index is 1.75. The molecule has 0 fully saturated rings. The summed E-state index contributed by atoms with van der Waals surface area (Å²) < 4.78 is 43.1. The minimum absolute atomic E-state index is 0.233. The molecule has 0 spiro atoms. The van der Waals surface area contributed by atoms with Gasteiger partial charge in [-0.15, -0.1) is 0 Å². The van der Waals surface area contributed by atoms with E-state index in [-0.39, 0.29) is 17.4 Å². The van der Waals surface area contributed by atoms with Crippen LogP contribution in [0.2, 0.25) is 0 Å². The van der Waals surface area contributed by atoms with E-state index in [0.29, 0.717) is 5.56 Å². The molecule has 7 heteroatoms. The summed E-state index contributed by atoms with van der Waals surface area (Å²) in [6.45, 7) is 2.05. The first-order valence-electron chi connectivity index (χ1n) is 8.63. The molecule has 1 amide bonds. The fraction of sp³-hybridized carbons (Fsp3) is 0.300. The number of alkyl halides is 3. The highest BCUT2D eigenvalue weighted by molar-refractivity contribution is 6.06. The van der Waals surface area contributed by atoms with Crippen molar-refractivity contribution in [3.8, 4) is 0 Å². The normalized spacial score (nSPS) is 16.0. The number of anilines is 1. The van der Waals surface area contributed by atoms with Crippen molar-refractivity contribution in [3.05, 3.63) is 64.7 Å². The third-order valence-corrected chi connectivity index (χ3v) is 4.42. The van der Waals surface area contributed by atoms with Crippen LogP contribution in [0.1, 0.15) is 64.1 Å². The number of benzene rings is 2. The summed E-state index contributed by atoms with van der Waals surface area (Å²) in [7, 11) is 0. The molecule has 0 saturated heterocycles. The molecule has 2 aromatic rings. The van der Waals surface area contributed by atoms with Crippen LogP contribution < -0.4 is 5.32 Å². The zero-order valence-electron chi connectivity index (χ0n) is 14.6. The number of nitrogens with one attached hydrogen (secondary N) is 1. The van der Waals surface area contributed by atoms with Gasteiger partial charge in [0.1, 0.15) is 6.10 Å². The molecule has 3 rings (SSSR count). The summed E-state index contributed by atoms with van der Waals surface area (Å²) >= 11 is 0. The Labute approximate surface area is 154 Å². The number of rotatable bonds is 5. The van der Waals surface area contributed by atoms with Crippen LogP contribution in [-0.4, -0.2) is 11.9 Å². The third-order valence-electron chi connectivity index (χ3n) is 4.42. The standard InChI is InChI=1S/C20H18F3NO3/c1-2-3-4-17-15-10-5-12(11-16(15)19(26)27-17)18(25)24-14-8-6-13(7-9-14)20(21,22)23/h5-11,17H,2-4H2,1H3,(H,24,25). The molecule has 4 nitrogen and oxygen atoms in total. The first kappa shape index (κ1) is 18.9. The molecule has 2 aromatic carbocycles. The molecule has 0 saturated carbocycles. The number of unbranched alkanes of at least 4 members (excludes halogenated alkanes) is 1. The second-order valence-corrected chi connectivity index (χ2v) is 6.37. The van der Waals surface area contributed by atoms with E-state index in [9.17, 15) is 22.8 Å². The van der Waals surface area contributed by atoms with Gasteiger partial charge in [-0.25, -0.2) is 4.79 Å². The molecule has 0 bridgehead atoms. The monoisotopic (exact) mass is 377 g/mol. The van der Waals surface area contributed by atoms with E-state index < -0.39 is 23.6 Å². The van der Waals surface area contributed by atoms with Crippen LogP contribution in [-0.2, 0) is 10.9 Å². The van der Waals surface area contributed by atoms with Crippen LogP contribution in [0.15, 0.2) is 42.5 Å². The molecule has 1 N–H and O–H groups in total. The topological polar surface area (TPSA) is 55.4 Å². The Kier molecular flexibility index (Phi) is 5.21. The number of halogens is 3. The van der Waals surface area contributed by atoms with E-state index >= 15 is 0 Å². The molecule has 1 aliphatic heterocycles. The maximum absolute atomic E-state index is 12.6. The first-order valence-corrected chi connectivity index (χ1v) is 8.63. The van der Waals surface area contributed by atoms with E-state index in [2.05, 4.69) is 5.32 Å². The van der Waals surface area contributed by atoms with Crippen molar-refractivity contribution in [2.75, 3.05) is 5.32 Å². The highest BCUT2D eigenvalue weighted by Crippen LogP contribution is 2.35. The van der Waals surface area contributed by atoms with Gasteiger partial charge in [0.15, 0.2) is 0 Å².